The van der Waals surface area contributed by atoms with E-state index in [9.17, 15) is 14.4 Å². The molecule has 1 aliphatic heterocycles. The number of benzene rings is 1. The van der Waals surface area contributed by atoms with Crippen molar-refractivity contribution in [2.24, 2.45) is 0 Å². The summed E-state index contributed by atoms with van der Waals surface area (Å²) in [6, 6.07) is 9.29. The molecule has 0 unspecified atom stereocenters. The first-order valence-corrected chi connectivity index (χ1v) is 10.7. The zero-order valence-electron chi connectivity index (χ0n) is 16.5. The second-order valence-corrected chi connectivity index (χ2v) is 7.81. The van der Waals surface area contributed by atoms with E-state index in [0.29, 0.717) is 28.7 Å². The molecule has 0 atom stereocenters. The molecule has 0 saturated carbocycles. The standard InChI is InChI=1S/C21H25N3O4S/c1-2-28-20(27)19-18(15-10-6-5-7-11-15)23-21(29-19)22-16(25)14-24-13-9-4-3-8-12-17(24)26/h5-7,10-11H,2-4,8-9,12-14H2,1H3,(H,22,23,25). The molecule has 0 aliphatic carbocycles. The van der Waals surface area contributed by atoms with Gasteiger partial charge in [0.1, 0.15) is 4.88 Å². The number of rotatable bonds is 6. The van der Waals surface area contributed by atoms with Gasteiger partial charge in [-0.1, -0.05) is 54.5 Å². The largest absolute Gasteiger partial charge is 0.462 e. The second kappa shape index (κ2) is 10.2. The number of nitrogens with zero attached hydrogens (tertiary/aromatic N) is 2. The van der Waals surface area contributed by atoms with Crippen LogP contribution in [-0.4, -0.2) is 47.4 Å². The van der Waals surface area contributed by atoms with Gasteiger partial charge in [-0.2, -0.15) is 0 Å². The van der Waals surface area contributed by atoms with Gasteiger partial charge in [0.25, 0.3) is 0 Å². The van der Waals surface area contributed by atoms with Crippen molar-refractivity contribution in [3.63, 3.8) is 0 Å². The Bertz CT molecular complexity index is 866. The minimum absolute atomic E-state index is 0.00613. The third kappa shape index (κ3) is 5.63. The molecule has 1 aromatic heterocycles. The Labute approximate surface area is 174 Å². The molecule has 2 aromatic rings. The van der Waals surface area contributed by atoms with Gasteiger partial charge in [0.05, 0.1) is 18.8 Å². The van der Waals surface area contributed by atoms with E-state index in [1.807, 2.05) is 30.3 Å². The molecule has 3 rings (SSSR count). The molecule has 154 valence electrons. The van der Waals surface area contributed by atoms with Crippen LogP contribution in [0.25, 0.3) is 11.3 Å². The average molecular weight is 416 g/mol. The van der Waals surface area contributed by atoms with Gasteiger partial charge in [-0.05, 0) is 19.8 Å². The van der Waals surface area contributed by atoms with Gasteiger partial charge in [0.15, 0.2) is 5.13 Å². The van der Waals surface area contributed by atoms with Crippen molar-refractivity contribution in [3.8, 4) is 11.3 Å². The Morgan fingerprint density at radius 2 is 1.93 bits per heavy atom. The number of hydrogen-bond acceptors (Lipinski definition) is 6. The molecular formula is C21H25N3O4S. The lowest BCUT2D eigenvalue weighted by atomic mass is 10.1. The van der Waals surface area contributed by atoms with Crippen LogP contribution in [0, 0.1) is 0 Å². The maximum Gasteiger partial charge on any atom is 0.350 e. The molecule has 29 heavy (non-hydrogen) atoms. The number of aromatic nitrogens is 1. The number of carbonyl (C=O) groups is 3. The minimum atomic E-state index is -0.469. The van der Waals surface area contributed by atoms with E-state index >= 15 is 0 Å². The first-order valence-electron chi connectivity index (χ1n) is 9.89. The van der Waals surface area contributed by atoms with Crippen molar-refractivity contribution in [1.29, 1.82) is 0 Å². The molecule has 8 heteroatoms. The van der Waals surface area contributed by atoms with E-state index in [1.54, 1.807) is 11.8 Å². The minimum Gasteiger partial charge on any atom is -0.462 e. The lowest BCUT2D eigenvalue weighted by Gasteiger charge is -2.23. The highest BCUT2D eigenvalue weighted by Crippen LogP contribution is 2.31. The number of hydrogen-bond donors (Lipinski definition) is 1. The first kappa shape index (κ1) is 21.0. The van der Waals surface area contributed by atoms with Crippen LogP contribution in [-0.2, 0) is 14.3 Å². The monoisotopic (exact) mass is 415 g/mol. The smallest absolute Gasteiger partial charge is 0.350 e. The Balaban J connectivity index is 1.75. The quantitative estimate of drug-likeness (QED) is 0.727. The fraction of sp³-hybridized carbons (Fsp3) is 0.429. The highest BCUT2D eigenvalue weighted by atomic mass is 32.1. The van der Waals surface area contributed by atoms with Crippen LogP contribution in [0.2, 0.25) is 0 Å². The first-order chi connectivity index (χ1) is 14.1. The summed E-state index contributed by atoms with van der Waals surface area (Å²) in [5, 5.41) is 3.06. The number of ether oxygens (including phenoxy) is 1. The molecule has 0 spiro atoms. The predicted molar refractivity (Wildman–Crippen MR) is 112 cm³/mol. The summed E-state index contributed by atoms with van der Waals surface area (Å²) in [5.41, 5.74) is 1.25. The number of anilines is 1. The maximum atomic E-state index is 12.5. The fourth-order valence-electron chi connectivity index (χ4n) is 3.21. The maximum absolute atomic E-state index is 12.5. The molecular weight excluding hydrogens is 390 g/mol. The third-order valence-corrected chi connectivity index (χ3v) is 5.59. The third-order valence-electron chi connectivity index (χ3n) is 4.64. The summed E-state index contributed by atoms with van der Waals surface area (Å²) in [5.74, 6) is -0.776. The van der Waals surface area contributed by atoms with Crippen LogP contribution in [0.15, 0.2) is 30.3 Å². The molecule has 1 aromatic carbocycles. The highest BCUT2D eigenvalue weighted by molar-refractivity contribution is 7.18. The number of nitrogens with one attached hydrogen (secondary N) is 1. The zero-order chi connectivity index (χ0) is 20.6. The molecule has 2 amide bonds. The molecule has 1 N–H and O–H groups in total. The summed E-state index contributed by atoms with van der Waals surface area (Å²) in [7, 11) is 0. The molecule has 1 aliphatic rings. The Hall–Kier alpha value is -2.74. The SMILES string of the molecule is CCOC(=O)c1sc(NC(=O)CN2CCCCCCC2=O)nc1-c1ccccc1. The van der Waals surface area contributed by atoms with Gasteiger partial charge >= 0.3 is 5.97 Å². The number of carbonyl (C=O) groups excluding carboxylic acids is 3. The topological polar surface area (TPSA) is 88.6 Å². The van der Waals surface area contributed by atoms with Crippen LogP contribution < -0.4 is 5.32 Å². The van der Waals surface area contributed by atoms with Gasteiger partial charge in [-0.15, -0.1) is 0 Å². The molecule has 7 nitrogen and oxygen atoms in total. The average Bonchev–Trinajstić information content (AvgIpc) is 3.12. The van der Waals surface area contributed by atoms with Crippen molar-refractivity contribution >= 4 is 34.3 Å². The number of esters is 1. The van der Waals surface area contributed by atoms with E-state index in [1.165, 1.54) is 0 Å². The zero-order valence-corrected chi connectivity index (χ0v) is 17.3. The Morgan fingerprint density at radius 1 is 1.17 bits per heavy atom. The molecule has 0 radical (unpaired) electrons. The second-order valence-electron chi connectivity index (χ2n) is 6.81. The molecule has 1 fully saturated rings. The number of thiazole rings is 1. The van der Waals surface area contributed by atoms with Crippen molar-refractivity contribution < 1.29 is 19.1 Å². The normalized spacial score (nSPS) is 14.8. The molecule has 1 saturated heterocycles. The van der Waals surface area contributed by atoms with E-state index in [2.05, 4.69) is 10.3 Å². The summed E-state index contributed by atoms with van der Waals surface area (Å²) < 4.78 is 5.14. The van der Waals surface area contributed by atoms with E-state index in [0.717, 1.165) is 42.6 Å². The van der Waals surface area contributed by atoms with Crippen molar-refractivity contribution in [3.05, 3.63) is 35.2 Å². The Morgan fingerprint density at radius 3 is 2.69 bits per heavy atom. The highest BCUT2D eigenvalue weighted by Gasteiger charge is 2.23. The summed E-state index contributed by atoms with van der Waals surface area (Å²) >= 11 is 1.08. The van der Waals surface area contributed by atoms with E-state index in [-0.39, 0.29) is 25.0 Å². The van der Waals surface area contributed by atoms with Crippen LogP contribution in [0.5, 0.6) is 0 Å². The lowest BCUT2D eigenvalue weighted by Crippen LogP contribution is -2.39. The van der Waals surface area contributed by atoms with E-state index < -0.39 is 5.97 Å². The van der Waals surface area contributed by atoms with Crippen molar-refractivity contribution in [2.75, 3.05) is 25.0 Å². The summed E-state index contributed by atoms with van der Waals surface area (Å²) in [4.78, 5) is 43.5. The van der Waals surface area contributed by atoms with Crippen LogP contribution >= 0.6 is 11.3 Å². The lowest BCUT2D eigenvalue weighted by molar-refractivity contribution is -0.135. The van der Waals surface area contributed by atoms with Crippen molar-refractivity contribution in [2.45, 2.75) is 39.0 Å². The van der Waals surface area contributed by atoms with Crippen LogP contribution in [0.4, 0.5) is 5.13 Å². The summed E-state index contributed by atoms with van der Waals surface area (Å²) in [6.07, 6.45) is 4.38. The molecule has 0 bridgehead atoms. The van der Waals surface area contributed by atoms with Gasteiger partial charge < -0.3 is 15.0 Å². The van der Waals surface area contributed by atoms with Crippen LogP contribution in [0.3, 0.4) is 0 Å². The number of likely N-dealkylation sites (tertiary alicyclic amines) is 1. The predicted octanol–water partition coefficient (Wildman–Crippen LogP) is 3.72. The number of amides is 2. The van der Waals surface area contributed by atoms with Gasteiger partial charge in [0.2, 0.25) is 11.8 Å². The fourth-order valence-corrected chi connectivity index (χ4v) is 4.11. The van der Waals surface area contributed by atoms with Gasteiger partial charge in [-0.25, -0.2) is 9.78 Å². The summed E-state index contributed by atoms with van der Waals surface area (Å²) in [6.45, 7) is 2.58. The Kier molecular flexibility index (Phi) is 7.35. The van der Waals surface area contributed by atoms with E-state index in [4.69, 9.17) is 4.74 Å². The van der Waals surface area contributed by atoms with Gasteiger partial charge in [0, 0.05) is 18.5 Å². The molecule has 2 heterocycles. The van der Waals surface area contributed by atoms with Crippen LogP contribution in [0.1, 0.15) is 48.7 Å². The van der Waals surface area contributed by atoms with Gasteiger partial charge in [-0.3, -0.25) is 9.59 Å². The van der Waals surface area contributed by atoms with Crippen molar-refractivity contribution in [1.82, 2.24) is 9.88 Å².